The SMILES string of the molecule is COCCN1CCC(N)(C(=O)OC(C)(C)C)CC1. The van der Waals surface area contributed by atoms with Gasteiger partial charge in [-0.05, 0) is 33.6 Å². The highest BCUT2D eigenvalue weighted by Crippen LogP contribution is 2.23. The van der Waals surface area contributed by atoms with E-state index in [2.05, 4.69) is 4.90 Å². The monoisotopic (exact) mass is 258 g/mol. The van der Waals surface area contributed by atoms with Gasteiger partial charge in [0.25, 0.3) is 0 Å². The average molecular weight is 258 g/mol. The van der Waals surface area contributed by atoms with Crippen LogP contribution in [-0.2, 0) is 14.3 Å². The summed E-state index contributed by atoms with van der Waals surface area (Å²) in [6.45, 7) is 8.83. The van der Waals surface area contributed by atoms with Crippen molar-refractivity contribution in [2.45, 2.75) is 44.8 Å². The van der Waals surface area contributed by atoms with E-state index in [0.717, 1.165) is 19.6 Å². The van der Waals surface area contributed by atoms with Crippen molar-refractivity contribution in [1.82, 2.24) is 4.90 Å². The number of hydrogen-bond donors (Lipinski definition) is 1. The molecule has 0 bridgehead atoms. The molecule has 0 aromatic rings. The largest absolute Gasteiger partial charge is 0.459 e. The molecule has 5 nitrogen and oxygen atoms in total. The lowest BCUT2D eigenvalue weighted by atomic mass is 9.88. The lowest BCUT2D eigenvalue weighted by molar-refractivity contribution is -0.163. The van der Waals surface area contributed by atoms with Crippen molar-refractivity contribution in [2.75, 3.05) is 33.4 Å². The van der Waals surface area contributed by atoms with Crippen LogP contribution in [-0.4, -0.2) is 55.4 Å². The standard InChI is InChI=1S/C13H26N2O3/c1-12(2,3)18-11(16)13(14)5-7-15(8-6-13)9-10-17-4/h5-10,14H2,1-4H3. The van der Waals surface area contributed by atoms with E-state index in [-0.39, 0.29) is 5.97 Å². The Balaban J connectivity index is 2.46. The molecule has 1 fully saturated rings. The zero-order chi connectivity index (χ0) is 13.8. The van der Waals surface area contributed by atoms with Crippen LogP contribution in [0.1, 0.15) is 33.6 Å². The number of likely N-dealkylation sites (tertiary alicyclic amines) is 1. The van der Waals surface area contributed by atoms with Crippen LogP contribution in [0.2, 0.25) is 0 Å². The molecule has 0 spiro atoms. The molecule has 0 atom stereocenters. The van der Waals surface area contributed by atoms with Crippen molar-refractivity contribution in [1.29, 1.82) is 0 Å². The number of nitrogens with zero attached hydrogens (tertiary/aromatic N) is 1. The van der Waals surface area contributed by atoms with E-state index in [9.17, 15) is 4.79 Å². The summed E-state index contributed by atoms with van der Waals surface area (Å²) in [7, 11) is 1.69. The van der Waals surface area contributed by atoms with Gasteiger partial charge < -0.3 is 20.1 Å². The topological polar surface area (TPSA) is 64.8 Å². The minimum Gasteiger partial charge on any atom is -0.459 e. The van der Waals surface area contributed by atoms with Gasteiger partial charge in [0, 0.05) is 26.7 Å². The minimum atomic E-state index is -0.823. The Morgan fingerprint density at radius 2 is 1.89 bits per heavy atom. The molecule has 1 heterocycles. The first kappa shape index (κ1) is 15.4. The fourth-order valence-corrected chi connectivity index (χ4v) is 1.98. The van der Waals surface area contributed by atoms with E-state index in [4.69, 9.17) is 15.2 Å². The Bertz CT molecular complexity index is 278. The first-order chi connectivity index (χ1) is 8.27. The smallest absolute Gasteiger partial charge is 0.326 e. The quantitative estimate of drug-likeness (QED) is 0.755. The molecule has 1 rings (SSSR count). The Hall–Kier alpha value is -0.650. The molecule has 1 saturated heterocycles. The molecule has 0 aliphatic carbocycles. The van der Waals surface area contributed by atoms with Gasteiger partial charge in [0.15, 0.2) is 0 Å². The molecule has 106 valence electrons. The zero-order valence-electron chi connectivity index (χ0n) is 12.0. The predicted octanol–water partition coefficient (Wildman–Crippen LogP) is 0.768. The van der Waals surface area contributed by atoms with Gasteiger partial charge in [-0.25, -0.2) is 0 Å². The summed E-state index contributed by atoms with van der Waals surface area (Å²) in [5.41, 5.74) is 4.87. The van der Waals surface area contributed by atoms with Crippen LogP contribution in [0, 0.1) is 0 Å². The number of esters is 1. The van der Waals surface area contributed by atoms with Crippen molar-refractivity contribution in [3.05, 3.63) is 0 Å². The number of piperidine rings is 1. The predicted molar refractivity (Wildman–Crippen MR) is 70.3 cm³/mol. The van der Waals surface area contributed by atoms with E-state index in [1.165, 1.54) is 0 Å². The zero-order valence-corrected chi connectivity index (χ0v) is 12.0. The fourth-order valence-electron chi connectivity index (χ4n) is 1.98. The molecular formula is C13H26N2O3. The number of nitrogens with two attached hydrogens (primary N) is 1. The van der Waals surface area contributed by atoms with Crippen LogP contribution in [0.4, 0.5) is 0 Å². The van der Waals surface area contributed by atoms with Crippen LogP contribution < -0.4 is 5.73 Å². The third-order valence-electron chi connectivity index (χ3n) is 3.17. The summed E-state index contributed by atoms with van der Waals surface area (Å²) < 4.78 is 10.4. The van der Waals surface area contributed by atoms with Gasteiger partial charge in [0.2, 0.25) is 0 Å². The second-order valence-electron chi connectivity index (χ2n) is 5.99. The van der Waals surface area contributed by atoms with Crippen molar-refractivity contribution in [3.63, 3.8) is 0 Å². The van der Waals surface area contributed by atoms with Crippen LogP contribution in [0.3, 0.4) is 0 Å². The molecule has 0 aromatic heterocycles. The van der Waals surface area contributed by atoms with Gasteiger partial charge in [-0.15, -0.1) is 0 Å². The molecular weight excluding hydrogens is 232 g/mol. The Morgan fingerprint density at radius 1 is 1.33 bits per heavy atom. The molecule has 0 aromatic carbocycles. The van der Waals surface area contributed by atoms with Gasteiger partial charge in [-0.2, -0.15) is 0 Å². The highest BCUT2D eigenvalue weighted by Gasteiger charge is 2.40. The van der Waals surface area contributed by atoms with Gasteiger partial charge in [0.05, 0.1) is 6.61 Å². The maximum Gasteiger partial charge on any atom is 0.326 e. The van der Waals surface area contributed by atoms with E-state index >= 15 is 0 Å². The maximum atomic E-state index is 12.1. The van der Waals surface area contributed by atoms with Crippen molar-refractivity contribution < 1.29 is 14.3 Å². The first-order valence-electron chi connectivity index (χ1n) is 6.50. The molecule has 1 aliphatic heterocycles. The second kappa shape index (κ2) is 5.99. The highest BCUT2D eigenvalue weighted by molar-refractivity contribution is 5.81. The van der Waals surface area contributed by atoms with Gasteiger partial charge in [-0.3, -0.25) is 4.79 Å². The third kappa shape index (κ3) is 4.55. The highest BCUT2D eigenvalue weighted by atomic mass is 16.6. The van der Waals surface area contributed by atoms with Crippen LogP contribution in [0.5, 0.6) is 0 Å². The lowest BCUT2D eigenvalue weighted by Crippen LogP contribution is -2.57. The molecule has 0 saturated carbocycles. The summed E-state index contributed by atoms with van der Waals surface area (Å²) in [6, 6.07) is 0. The Morgan fingerprint density at radius 3 is 2.33 bits per heavy atom. The third-order valence-corrected chi connectivity index (χ3v) is 3.17. The fraction of sp³-hybridized carbons (Fsp3) is 0.923. The summed E-state index contributed by atoms with van der Waals surface area (Å²) in [5, 5.41) is 0. The molecule has 0 unspecified atom stereocenters. The minimum absolute atomic E-state index is 0.276. The maximum absolute atomic E-state index is 12.1. The number of ether oxygens (including phenoxy) is 2. The number of carbonyl (C=O) groups is 1. The van der Waals surface area contributed by atoms with Crippen LogP contribution >= 0.6 is 0 Å². The van der Waals surface area contributed by atoms with Crippen LogP contribution in [0.15, 0.2) is 0 Å². The lowest BCUT2D eigenvalue weighted by Gasteiger charge is -2.38. The summed E-state index contributed by atoms with van der Waals surface area (Å²) in [5.74, 6) is -0.276. The number of hydrogen-bond acceptors (Lipinski definition) is 5. The molecule has 18 heavy (non-hydrogen) atoms. The van der Waals surface area contributed by atoms with Crippen LogP contribution in [0.25, 0.3) is 0 Å². The van der Waals surface area contributed by atoms with Gasteiger partial charge in [0.1, 0.15) is 11.1 Å². The first-order valence-corrected chi connectivity index (χ1v) is 6.50. The Kier molecular flexibility index (Phi) is 5.13. The average Bonchev–Trinajstić information content (AvgIpc) is 2.26. The summed E-state index contributed by atoms with van der Waals surface area (Å²) in [6.07, 6.45) is 1.29. The summed E-state index contributed by atoms with van der Waals surface area (Å²) in [4.78, 5) is 14.3. The van der Waals surface area contributed by atoms with Gasteiger partial charge in [-0.1, -0.05) is 0 Å². The number of carbonyl (C=O) groups excluding carboxylic acids is 1. The summed E-state index contributed by atoms with van der Waals surface area (Å²) >= 11 is 0. The van der Waals surface area contributed by atoms with Crippen molar-refractivity contribution in [2.24, 2.45) is 5.73 Å². The molecule has 5 heteroatoms. The van der Waals surface area contributed by atoms with Crippen molar-refractivity contribution >= 4 is 5.97 Å². The number of rotatable bonds is 4. The van der Waals surface area contributed by atoms with E-state index < -0.39 is 11.1 Å². The molecule has 0 radical (unpaired) electrons. The molecule has 0 amide bonds. The van der Waals surface area contributed by atoms with E-state index in [0.29, 0.717) is 19.4 Å². The van der Waals surface area contributed by atoms with Gasteiger partial charge >= 0.3 is 5.97 Å². The second-order valence-corrected chi connectivity index (χ2v) is 5.99. The normalized spacial score (nSPS) is 20.7. The van der Waals surface area contributed by atoms with E-state index in [1.54, 1.807) is 7.11 Å². The van der Waals surface area contributed by atoms with Crippen molar-refractivity contribution in [3.8, 4) is 0 Å². The molecule has 2 N–H and O–H groups in total. The van der Waals surface area contributed by atoms with E-state index in [1.807, 2.05) is 20.8 Å². The Labute approximate surface area is 110 Å². The number of methoxy groups -OCH3 is 1. The molecule has 1 aliphatic rings.